The van der Waals surface area contributed by atoms with Gasteiger partial charge in [-0.25, -0.2) is 0 Å². The fraction of sp³-hybridized carbons (Fsp3) is 0. The summed E-state index contributed by atoms with van der Waals surface area (Å²) in [5.74, 6) is 0.177. The van der Waals surface area contributed by atoms with E-state index in [1.54, 1.807) is 0 Å². The second kappa shape index (κ2) is 9.60. The van der Waals surface area contributed by atoms with Crippen LogP contribution >= 0.6 is 22.8 Å². The summed E-state index contributed by atoms with van der Waals surface area (Å²) >= 11 is 3.62. The third-order valence-corrected chi connectivity index (χ3v) is 16.7. The molecule has 4 heteroatoms. The van der Waals surface area contributed by atoms with Gasteiger partial charge in [-0.2, -0.15) is 0 Å². The summed E-state index contributed by atoms with van der Waals surface area (Å²) in [6.07, 6.45) is 0. The summed E-state index contributed by atoms with van der Waals surface area (Å²) in [5, 5.41) is 3.70. The standard InChI is InChI=1S/C26H19BrOP.Hg/c27-22-18-16-21(17-19-22)26(28)20-29(23-10-4-1-5-11-23,24-12-6-2-7-13-24)25-14-8-3-9-15-25;/h1-19H;. The first kappa shape index (κ1) is 21.5. The monoisotopic (exact) mass is 659 g/mol. The molecule has 30 heavy (non-hydrogen) atoms. The Morgan fingerprint density at radius 1 is 0.600 bits per heavy atom. The second-order valence-electron chi connectivity index (χ2n) is 6.96. The third kappa shape index (κ3) is 4.06. The number of ketones is 1. The van der Waals surface area contributed by atoms with Gasteiger partial charge in [-0.15, -0.1) is 0 Å². The maximum absolute atomic E-state index is 13.8. The predicted molar refractivity (Wildman–Crippen MR) is 129 cm³/mol. The summed E-state index contributed by atoms with van der Waals surface area (Å²) in [6, 6.07) is 39.5. The van der Waals surface area contributed by atoms with Crippen molar-refractivity contribution in [2.24, 2.45) is 0 Å². The molecule has 0 heterocycles. The van der Waals surface area contributed by atoms with Gasteiger partial charge < -0.3 is 0 Å². The number of hydrogen-bond acceptors (Lipinski definition) is 1. The van der Waals surface area contributed by atoms with Gasteiger partial charge in [-0.05, 0) is 0 Å². The number of benzene rings is 4. The molecule has 0 unspecified atom stereocenters. The van der Waals surface area contributed by atoms with E-state index in [4.69, 9.17) is 0 Å². The van der Waals surface area contributed by atoms with Crippen LogP contribution < -0.4 is 15.9 Å². The molecule has 4 rings (SSSR count). The molecule has 0 aromatic heterocycles. The summed E-state index contributed by atoms with van der Waals surface area (Å²) in [7, 11) is 0. The van der Waals surface area contributed by atoms with E-state index in [2.05, 4.69) is 88.7 Å². The average molecular weight is 659 g/mol. The first-order valence-electron chi connectivity index (χ1n) is 9.69. The van der Waals surface area contributed by atoms with E-state index in [0.29, 0.717) is 0 Å². The van der Waals surface area contributed by atoms with Gasteiger partial charge in [-0.1, -0.05) is 0 Å². The minimum absolute atomic E-state index is 0.134. The number of Topliss-reactive ketones (excluding diaryl/α,β-unsaturated/α-hetero) is 1. The van der Waals surface area contributed by atoms with Crippen molar-refractivity contribution >= 4 is 47.3 Å². The zero-order valence-corrected chi connectivity index (χ0v) is 24.4. The Hall–Kier alpha value is -1.73. The molecular formula is C26H19BrHgOP. The number of halogens is 1. The van der Waals surface area contributed by atoms with E-state index < -0.39 is 6.89 Å². The molecule has 0 aliphatic rings. The molecule has 143 valence electrons. The molecule has 0 saturated carbocycles. The van der Waals surface area contributed by atoms with Crippen LogP contribution in [0.5, 0.6) is 0 Å². The SMILES string of the molecule is O=C([C]([Hg])=P(c1ccccc1)(c1ccccc1)c1ccccc1)c1ccc(Br)cc1. The minimum atomic E-state index is -2.24. The van der Waals surface area contributed by atoms with E-state index in [-0.39, 0.29) is 31.9 Å². The Bertz CT molecular complexity index is 1100. The molecule has 0 saturated heterocycles. The fourth-order valence-corrected chi connectivity index (χ4v) is 15.4. The van der Waals surface area contributed by atoms with E-state index >= 15 is 0 Å². The molecular weight excluding hydrogens is 640 g/mol. The molecule has 0 radical (unpaired) electrons. The summed E-state index contributed by atoms with van der Waals surface area (Å²) in [5.41, 5.74) is 0.760. The Balaban J connectivity index is 2.13. The molecule has 0 bridgehead atoms. The number of carbonyl (C=O) groups is 1. The maximum atomic E-state index is 13.8. The molecule has 0 amide bonds. The van der Waals surface area contributed by atoms with Gasteiger partial charge in [0.1, 0.15) is 0 Å². The van der Waals surface area contributed by atoms with Gasteiger partial charge in [0.05, 0.1) is 0 Å². The van der Waals surface area contributed by atoms with Crippen molar-refractivity contribution in [1.29, 1.82) is 0 Å². The summed E-state index contributed by atoms with van der Waals surface area (Å²) in [4.78, 5) is 13.8. The van der Waals surface area contributed by atoms with Gasteiger partial charge in [0, 0.05) is 0 Å². The Kier molecular flexibility index (Phi) is 6.88. The first-order chi connectivity index (χ1) is 14.6. The van der Waals surface area contributed by atoms with Crippen molar-refractivity contribution in [1.82, 2.24) is 0 Å². The van der Waals surface area contributed by atoms with Crippen molar-refractivity contribution in [2.75, 3.05) is 0 Å². The van der Waals surface area contributed by atoms with Gasteiger partial charge in [0.15, 0.2) is 0 Å². The zero-order chi connectivity index (χ0) is 21.0. The van der Waals surface area contributed by atoms with Crippen molar-refractivity contribution in [3.8, 4) is 0 Å². The van der Waals surface area contributed by atoms with Crippen LogP contribution in [0.1, 0.15) is 10.4 Å². The van der Waals surface area contributed by atoms with Gasteiger partial charge in [0.25, 0.3) is 0 Å². The van der Waals surface area contributed by atoms with E-state index in [1.165, 1.54) is 15.9 Å². The van der Waals surface area contributed by atoms with Crippen molar-refractivity contribution in [2.45, 2.75) is 0 Å². The summed E-state index contributed by atoms with van der Waals surface area (Å²) in [6.45, 7) is -2.24. The van der Waals surface area contributed by atoms with Crippen LogP contribution in [0.15, 0.2) is 120 Å². The van der Waals surface area contributed by atoms with Crippen molar-refractivity contribution in [3.05, 3.63) is 125 Å². The molecule has 0 aliphatic carbocycles. The fourth-order valence-electron chi connectivity index (χ4n) is 3.79. The molecule has 1 nitrogen and oxygen atoms in total. The van der Waals surface area contributed by atoms with Crippen molar-refractivity contribution < 1.29 is 30.9 Å². The van der Waals surface area contributed by atoms with Crippen LogP contribution in [0.2, 0.25) is 0 Å². The Labute approximate surface area is 202 Å². The Morgan fingerprint density at radius 3 is 1.33 bits per heavy atom. The van der Waals surface area contributed by atoms with Gasteiger partial charge in [-0.3, -0.25) is 0 Å². The van der Waals surface area contributed by atoms with E-state index in [1.807, 2.05) is 42.5 Å². The van der Waals surface area contributed by atoms with Crippen LogP contribution in [-0.2, 0) is 26.1 Å². The van der Waals surface area contributed by atoms with Crippen LogP contribution in [-0.4, -0.2) is 8.59 Å². The molecule has 0 fully saturated rings. The second-order valence-corrected chi connectivity index (χ2v) is 16.4. The van der Waals surface area contributed by atoms with Crippen LogP contribution in [0, 0.1) is 0 Å². The van der Waals surface area contributed by atoms with Crippen LogP contribution in [0.3, 0.4) is 0 Å². The molecule has 0 aliphatic heterocycles. The van der Waals surface area contributed by atoms with Crippen molar-refractivity contribution in [3.63, 3.8) is 0 Å². The number of hydrogen-bond donors (Lipinski definition) is 0. The third-order valence-electron chi connectivity index (χ3n) is 5.20. The van der Waals surface area contributed by atoms with E-state index in [0.717, 1.165) is 12.8 Å². The summed E-state index contributed by atoms with van der Waals surface area (Å²) < 4.78 is 2.06. The number of rotatable bonds is 5. The zero-order valence-electron chi connectivity index (χ0n) is 16.4. The Morgan fingerprint density at radius 2 is 0.967 bits per heavy atom. The predicted octanol–water partition coefficient (Wildman–Crippen LogP) is 5.30. The molecule has 4 aromatic carbocycles. The quantitative estimate of drug-likeness (QED) is 0.162. The van der Waals surface area contributed by atoms with Crippen LogP contribution in [0.25, 0.3) is 0 Å². The topological polar surface area (TPSA) is 17.1 Å². The first-order valence-corrected chi connectivity index (χ1v) is 15.0. The van der Waals surface area contributed by atoms with Gasteiger partial charge in [0.2, 0.25) is 0 Å². The van der Waals surface area contributed by atoms with Crippen LogP contribution in [0.4, 0.5) is 0 Å². The molecule has 0 N–H and O–H groups in total. The average Bonchev–Trinajstić information content (AvgIpc) is 2.82. The van der Waals surface area contributed by atoms with Gasteiger partial charge >= 0.3 is 204 Å². The molecule has 0 atom stereocenters. The molecule has 4 aromatic rings. The normalized spacial score (nSPS) is 11.2. The molecule has 0 spiro atoms. The van der Waals surface area contributed by atoms with E-state index in [9.17, 15) is 4.79 Å². The number of carbonyl (C=O) groups excluding carboxylic acids is 1.